The number of rotatable bonds is 9. The number of nitrogens with zero attached hydrogens (tertiary/aromatic N) is 3. The van der Waals surface area contributed by atoms with E-state index in [-0.39, 0.29) is 24.3 Å². The third-order valence-corrected chi connectivity index (χ3v) is 3.88. The molecular weight excluding hydrogens is 379 g/mol. The zero-order chi connectivity index (χ0) is 20.6. The lowest BCUT2D eigenvalue weighted by atomic mass is 10.2. The third-order valence-electron chi connectivity index (χ3n) is 3.88. The molecule has 0 saturated carbocycles. The Morgan fingerprint density at radius 1 is 1.03 bits per heavy atom. The molecule has 9 heteroatoms. The Hall–Kier alpha value is -3.30. The van der Waals surface area contributed by atoms with Crippen LogP contribution in [0.5, 0.6) is 6.01 Å². The van der Waals surface area contributed by atoms with Crippen LogP contribution in [0.15, 0.2) is 48.5 Å². The second-order valence-corrected chi connectivity index (χ2v) is 6.01. The van der Waals surface area contributed by atoms with Gasteiger partial charge in [-0.2, -0.15) is 4.98 Å². The lowest BCUT2D eigenvalue weighted by Crippen LogP contribution is -2.17. The minimum Gasteiger partial charge on any atom is -0.460 e. The van der Waals surface area contributed by atoms with Crippen molar-refractivity contribution < 1.29 is 23.4 Å². The molecule has 0 fully saturated rings. The molecule has 0 unspecified atom stereocenters. The first-order valence-electron chi connectivity index (χ1n) is 8.84. The van der Waals surface area contributed by atoms with E-state index in [9.17, 15) is 9.18 Å². The number of nitrogens with one attached hydrogen (secondary N) is 1. The number of methoxy groups -OCH3 is 2. The van der Waals surface area contributed by atoms with Gasteiger partial charge in [-0.05, 0) is 48.5 Å². The first-order chi connectivity index (χ1) is 14.1. The molecule has 8 nitrogen and oxygen atoms in total. The molecule has 3 aromatic rings. The molecule has 29 heavy (non-hydrogen) atoms. The van der Waals surface area contributed by atoms with E-state index in [4.69, 9.17) is 14.2 Å². The van der Waals surface area contributed by atoms with E-state index >= 15 is 0 Å². The average molecular weight is 400 g/mol. The number of hydrogen-bond acceptors (Lipinski definition) is 6. The van der Waals surface area contributed by atoms with Crippen molar-refractivity contribution >= 4 is 11.6 Å². The predicted octanol–water partition coefficient (Wildman–Crippen LogP) is 2.68. The monoisotopic (exact) mass is 400 g/mol. The van der Waals surface area contributed by atoms with Crippen LogP contribution >= 0.6 is 0 Å². The molecule has 0 atom stereocenters. The predicted molar refractivity (Wildman–Crippen MR) is 105 cm³/mol. The minimum absolute atomic E-state index is 0.0261. The van der Waals surface area contributed by atoms with Crippen molar-refractivity contribution in [2.24, 2.45) is 0 Å². The van der Waals surface area contributed by atoms with Crippen molar-refractivity contribution in [1.29, 1.82) is 0 Å². The molecule has 0 aliphatic carbocycles. The van der Waals surface area contributed by atoms with Gasteiger partial charge in [-0.15, -0.1) is 5.10 Å². The highest BCUT2D eigenvalue weighted by molar-refractivity contribution is 5.91. The molecule has 1 aromatic heterocycles. The molecule has 0 aliphatic heterocycles. The molecule has 1 N–H and O–H groups in total. The smallest absolute Gasteiger partial charge is 0.336 e. The first-order valence-corrected chi connectivity index (χ1v) is 8.84. The van der Waals surface area contributed by atoms with Crippen molar-refractivity contribution in [3.8, 4) is 23.1 Å². The van der Waals surface area contributed by atoms with E-state index in [0.717, 1.165) is 0 Å². The summed E-state index contributed by atoms with van der Waals surface area (Å²) in [4.78, 5) is 16.1. The summed E-state index contributed by atoms with van der Waals surface area (Å²) >= 11 is 0. The summed E-state index contributed by atoms with van der Waals surface area (Å²) < 4.78 is 30.2. The van der Waals surface area contributed by atoms with E-state index in [2.05, 4.69) is 15.4 Å². The van der Waals surface area contributed by atoms with Crippen LogP contribution in [-0.4, -0.2) is 54.7 Å². The Morgan fingerprint density at radius 3 is 2.41 bits per heavy atom. The van der Waals surface area contributed by atoms with Gasteiger partial charge in [0.05, 0.1) is 12.3 Å². The maximum Gasteiger partial charge on any atom is 0.336 e. The maximum absolute atomic E-state index is 13.3. The van der Waals surface area contributed by atoms with Crippen LogP contribution in [-0.2, 0) is 14.3 Å². The normalized spacial score (nSPS) is 10.7. The Balaban J connectivity index is 1.89. The van der Waals surface area contributed by atoms with Crippen LogP contribution in [0.3, 0.4) is 0 Å². The molecule has 2 aromatic carbocycles. The third kappa shape index (κ3) is 5.37. The summed E-state index contributed by atoms with van der Waals surface area (Å²) in [5, 5.41) is 7.12. The fourth-order valence-electron chi connectivity index (χ4n) is 2.55. The van der Waals surface area contributed by atoms with Gasteiger partial charge in [0, 0.05) is 25.5 Å². The largest absolute Gasteiger partial charge is 0.460 e. The summed E-state index contributed by atoms with van der Waals surface area (Å²) in [7, 11) is 3.03. The highest BCUT2D eigenvalue weighted by atomic mass is 19.1. The summed E-state index contributed by atoms with van der Waals surface area (Å²) in [6, 6.07) is 13.2. The zero-order valence-corrected chi connectivity index (χ0v) is 16.1. The van der Waals surface area contributed by atoms with Gasteiger partial charge >= 0.3 is 6.01 Å². The van der Waals surface area contributed by atoms with E-state index in [1.807, 2.05) is 0 Å². The number of aromatic nitrogens is 3. The Labute approximate surface area is 167 Å². The fourth-order valence-corrected chi connectivity index (χ4v) is 2.55. The molecule has 0 saturated heterocycles. The van der Waals surface area contributed by atoms with Gasteiger partial charge in [0.15, 0.2) is 5.82 Å². The lowest BCUT2D eigenvalue weighted by molar-refractivity contribution is -0.119. The second-order valence-electron chi connectivity index (χ2n) is 6.01. The Morgan fingerprint density at radius 2 is 1.76 bits per heavy atom. The van der Waals surface area contributed by atoms with Crippen LogP contribution in [0.4, 0.5) is 10.1 Å². The molecule has 0 aliphatic rings. The van der Waals surface area contributed by atoms with Gasteiger partial charge in [-0.1, -0.05) is 0 Å². The molecule has 0 spiro atoms. The van der Waals surface area contributed by atoms with Gasteiger partial charge in [-0.3, -0.25) is 4.79 Å². The molecule has 1 heterocycles. The van der Waals surface area contributed by atoms with Gasteiger partial charge < -0.3 is 19.5 Å². The highest BCUT2D eigenvalue weighted by Crippen LogP contribution is 2.24. The van der Waals surface area contributed by atoms with Crippen molar-refractivity contribution in [2.45, 2.75) is 0 Å². The summed E-state index contributed by atoms with van der Waals surface area (Å²) in [6.07, 6.45) is 0. The fraction of sp³-hybridized carbons (Fsp3) is 0.250. The van der Waals surface area contributed by atoms with Crippen LogP contribution in [0.1, 0.15) is 0 Å². The second kappa shape index (κ2) is 9.76. The Kier molecular flexibility index (Phi) is 6.88. The van der Waals surface area contributed by atoms with Crippen molar-refractivity contribution in [2.75, 3.05) is 39.4 Å². The number of amides is 1. The summed E-state index contributed by atoms with van der Waals surface area (Å²) in [5.74, 6) is -0.0945. The van der Waals surface area contributed by atoms with Gasteiger partial charge in [0.25, 0.3) is 0 Å². The summed E-state index contributed by atoms with van der Waals surface area (Å²) in [5.41, 5.74) is 2.00. The number of carbonyl (C=O) groups excluding carboxylic acids is 1. The molecular formula is C20H21FN4O4. The summed E-state index contributed by atoms with van der Waals surface area (Å²) in [6.45, 7) is 0.672. The molecule has 3 rings (SSSR count). The average Bonchev–Trinajstić information content (AvgIpc) is 3.14. The Bertz CT molecular complexity index is 942. The lowest BCUT2D eigenvalue weighted by Gasteiger charge is -2.08. The van der Waals surface area contributed by atoms with Crippen molar-refractivity contribution in [3.05, 3.63) is 54.3 Å². The molecule has 152 valence electrons. The van der Waals surface area contributed by atoms with E-state index in [1.165, 1.54) is 19.2 Å². The van der Waals surface area contributed by atoms with Crippen LogP contribution in [0, 0.1) is 5.82 Å². The van der Waals surface area contributed by atoms with Crippen LogP contribution in [0.2, 0.25) is 0 Å². The van der Waals surface area contributed by atoms with E-state index < -0.39 is 0 Å². The standard InChI is InChI=1S/C20H21FN4O4/c1-27-11-12-29-20-23-19(14-3-5-15(21)6-4-14)25(24-20)17-9-7-16(8-10-17)22-18(26)13-28-2/h3-10H,11-13H2,1-2H3,(H,22,26). The van der Waals surface area contributed by atoms with Gasteiger partial charge in [-0.25, -0.2) is 9.07 Å². The number of carbonyl (C=O) groups is 1. The van der Waals surface area contributed by atoms with Crippen molar-refractivity contribution in [1.82, 2.24) is 14.8 Å². The van der Waals surface area contributed by atoms with Gasteiger partial charge in [0.1, 0.15) is 19.0 Å². The van der Waals surface area contributed by atoms with E-state index in [1.54, 1.807) is 48.2 Å². The zero-order valence-electron chi connectivity index (χ0n) is 16.1. The minimum atomic E-state index is -0.340. The number of hydrogen-bond donors (Lipinski definition) is 1. The number of anilines is 1. The highest BCUT2D eigenvalue weighted by Gasteiger charge is 2.15. The molecule has 1 amide bonds. The van der Waals surface area contributed by atoms with E-state index in [0.29, 0.717) is 36.0 Å². The first kappa shape index (κ1) is 20.4. The number of ether oxygens (including phenoxy) is 3. The number of halogens is 1. The van der Waals surface area contributed by atoms with Crippen LogP contribution < -0.4 is 10.1 Å². The van der Waals surface area contributed by atoms with Crippen LogP contribution in [0.25, 0.3) is 17.1 Å². The van der Waals surface area contributed by atoms with Gasteiger partial charge in [0.2, 0.25) is 5.91 Å². The number of benzene rings is 2. The molecule has 0 bridgehead atoms. The molecule has 0 radical (unpaired) electrons. The van der Waals surface area contributed by atoms with Crippen molar-refractivity contribution in [3.63, 3.8) is 0 Å². The maximum atomic E-state index is 13.3. The topological polar surface area (TPSA) is 87.5 Å². The quantitative estimate of drug-likeness (QED) is 0.556. The SMILES string of the molecule is COCCOc1nc(-c2ccc(F)cc2)n(-c2ccc(NC(=O)COC)cc2)n1.